The number of aryl methyl sites for hydroxylation is 2. The maximum Gasteiger partial charge on any atom is 0.328 e. The normalized spacial score (nSPS) is 10.0. The summed E-state index contributed by atoms with van der Waals surface area (Å²) in [5.74, 6) is 0. The predicted molar refractivity (Wildman–Crippen MR) is 41.7 cm³/mol. The Labute approximate surface area is 63.5 Å². The van der Waals surface area contributed by atoms with E-state index in [1.807, 2.05) is 6.92 Å². The van der Waals surface area contributed by atoms with Crippen molar-refractivity contribution in [2.75, 3.05) is 0 Å². The molecule has 0 aliphatic heterocycles. The van der Waals surface area contributed by atoms with E-state index >= 15 is 0 Å². The van der Waals surface area contributed by atoms with Gasteiger partial charge in [-0.25, -0.2) is 4.79 Å². The number of rotatable bonds is 1. The molecule has 0 saturated carbocycles. The van der Waals surface area contributed by atoms with Crippen LogP contribution in [0.3, 0.4) is 0 Å². The summed E-state index contributed by atoms with van der Waals surface area (Å²) in [6.45, 7) is 4.10. The van der Waals surface area contributed by atoms with Crippen LogP contribution in [0.15, 0.2) is 15.8 Å². The standard InChI is InChI=1S/C7H10N2O2/c1-3-9-4-5(2)6(10)8-7(9)11/h4H,3H2,1-2H3,(H,8,10,11). The van der Waals surface area contributed by atoms with Crippen LogP contribution >= 0.6 is 0 Å². The number of hydrogen-bond acceptors (Lipinski definition) is 2. The molecule has 0 spiro atoms. The molecule has 60 valence electrons. The fraction of sp³-hybridized carbons (Fsp3) is 0.429. The molecule has 0 amide bonds. The van der Waals surface area contributed by atoms with Crippen LogP contribution in [0.4, 0.5) is 0 Å². The van der Waals surface area contributed by atoms with Crippen LogP contribution in [0.5, 0.6) is 0 Å². The first-order valence-corrected chi connectivity index (χ1v) is 3.45. The van der Waals surface area contributed by atoms with Crippen molar-refractivity contribution >= 4 is 0 Å². The van der Waals surface area contributed by atoms with Crippen LogP contribution in [0.2, 0.25) is 0 Å². The minimum Gasteiger partial charge on any atom is -0.301 e. The third kappa shape index (κ3) is 1.39. The molecule has 0 atom stereocenters. The molecule has 0 radical (unpaired) electrons. The van der Waals surface area contributed by atoms with Gasteiger partial charge in [-0.2, -0.15) is 0 Å². The Hall–Kier alpha value is -1.32. The molecule has 0 bridgehead atoms. The highest BCUT2D eigenvalue weighted by Gasteiger charge is 1.96. The third-order valence-electron chi connectivity index (χ3n) is 1.53. The van der Waals surface area contributed by atoms with E-state index in [-0.39, 0.29) is 11.2 Å². The van der Waals surface area contributed by atoms with Gasteiger partial charge in [0.25, 0.3) is 5.56 Å². The lowest BCUT2D eigenvalue weighted by molar-refractivity contribution is 0.687. The second-order valence-corrected chi connectivity index (χ2v) is 2.36. The van der Waals surface area contributed by atoms with Gasteiger partial charge in [-0.15, -0.1) is 0 Å². The SMILES string of the molecule is CCn1cc(C)c(=O)[nH]c1=O. The molecule has 11 heavy (non-hydrogen) atoms. The highest BCUT2D eigenvalue weighted by Crippen LogP contribution is 1.82. The Bertz CT molecular complexity index is 361. The average molecular weight is 154 g/mol. The van der Waals surface area contributed by atoms with E-state index in [0.29, 0.717) is 12.1 Å². The van der Waals surface area contributed by atoms with Crippen molar-refractivity contribution in [3.63, 3.8) is 0 Å². The van der Waals surface area contributed by atoms with Crippen molar-refractivity contribution in [3.8, 4) is 0 Å². The van der Waals surface area contributed by atoms with E-state index in [2.05, 4.69) is 4.98 Å². The van der Waals surface area contributed by atoms with Crippen LogP contribution in [0.25, 0.3) is 0 Å². The Morgan fingerprint density at radius 1 is 1.55 bits per heavy atom. The van der Waals surface area contributed by atoms with E-state index in [0.717, 1.165) is 0 Å². The minimum atomic E-state index is -0.344. The van der Waals surface area contributed by atoms with E-state index < -0.39 is 0 Å². The molecule has 1 rings (SSSR count). The van der Waals surface area contributed by atoms with Gasteiger partial charge in [-0.3, -0.25) is 9.78 Å². The van der Waals surface area contributed by atoms with Gasteiger partial charge in [-0.05, 0) is 13.8 Å². The number of aromatic amines is 1. The summed E-state index contributed by atoms with van der Waals surface area (Å²) >= 11 is 0. The largest absolute Gasteiger partial charge is 0.328 e. The van der Waals surface area contributed by atoms with E-state index in [9.17, 15) is 9.59 Å². The molecule has 1 aromatic rings. The first kappa shape index (κ1) is 7.78. The lowest BCUT2D eigenvalue weighted by Crippen LogP contribution is -2.30. The molecule has 0 fully saturated rings. The zero-order valence-electron chi connectivity index (χ0n) is 6.55. The summed E-state index contributed by atoms with van der Waals surface area (Å²) in [5.41, 5.74) is -0.0887. The summed E-state index contributed by atoms with van der Waals surface area (Å²) in [7, 11) is 0. The van der Waals surface area contributed by atoms with Gasteiger partial charge in [0, 0.05) is 18.3 Å². The van der Waals surface area contributed by atoms with Crippen molar-refractivity contribution in [1.82, 2.24) is 9.55 Å². The van der Waals surface area contributed by atoms with E-state index in [4.69, 9.17) is 0 Å². The predicted octanol–water partition coefficient (Wildman–Crippen LogP) is -0.135. The van der Waals surface area contributed by atoms with Crippen molar-refractivity contribution < 1.29 is 0 Å². The van der Waals surface area contributed by atoms with Crippen molar-refractivity contribution in [3.05, 3.63) is 32.6 Å². The molecule has 1 aromatic heterocycles. The second-order valence-electron chi connectivity index (χ2n) is 2.36. The molecule has 0 unspecified atom stereocenters. The maximum absolute atomic E-state index is 10.9. The van der Waals surface area contributed by atoms with Crippen LogP contribution in [0.1, 0.15) is 12.5 Å². The summed E-state index contributed by atoms with van der Waals surface area (Å²) in [6, 6.07) is 0. The van der Waals surface area contributed by atoms with Crippen LogP contribution in [-0.2, 0) is 6.54 Å². The summed E-state index contributed by atoms with van der Waals surface area (Å²) in [4.78, 5) is 24.0. The van der Waals surface area contributed by atoms with Gasteiger partial charge in [0.2, 0.25) is 0 Å². The highest BCUT2D eigenvalue weighted by atomic mass is 16.2. The first-order chi connectivity index (χ1) is 5.15. The maximum atomic E-state index is 10.9. The summed E-state index contributed by atoms with van der Waals surface area (Å²) in [6.07, 6.45) is 1.56. The summed E-state index contributed by atoms with van der Waals surface area (Å²) in [5, 5.41) is 0. The number of hydrogen-bond donors (Lipinski definition) is 1. The number of H-pyrrole nitrogens is 1. The van der Waals surface area contributed by atoms with E-state index in [1.54, 1.807) is 13.1 Å². The lowest BCUT2D eigenvalue weighted by Gasteiger charge is -1.99. The zero-order chi connectivity index (χ0) is 8.43. The molecular formula is C7H10N2O2. The second kappa shape index (κ2) is 2.74. The summed E-state index contributed by atoms with van der Waals surface area (Å²) < 4.78 is 1.46. The molecule has 4 heteroatoms. The fourth-order valence-corrected chi connectivity index (χ4v) is 0.853. The molecule has 0 saturated heterocycles. The molecule has 1 heterocycles. The van der Waals surface area contributed by atoms with Crippen molar-refractivity contribution in [1.29, 1.82) is 0 Å². The van der Waals surface area contributed by atoms with Gasteiger partial charge in [0.05, 0.1) is 0 Å². The van der Waals surface area contributed by atoms with Gasteiger partial charge in [0.15, 0.2) is 0 Å². The Balaban J connectivity index is 3.45. The van der Waals surface area contributed by atoms with Crippen LogP contribution in [-0.4, -0.2) is 9.55 Å². The molecule has 0 aliphatic carbocycles. The molecule has 0 aromatic carbocycles. The molecule has 1 N–H and O–H groups in total. The van der Waals surface area contributed by atoms with Gasteiger partial charge in [-0.1, -0.05) is 0 Å². The quantitative estimate of drug-likeness (QED) is 0.612. The Kier molecular flexibility index (Phi) is 1.94. The number of nitrogens with one attached hydrogen (secondary N) is 1. The third-order valence-corrected chi connectivity index (χ3v) is 1.53. The van der Waals surface area contributed by atoms with Crippen molar-refractivity contribution in [2.45, 2.75) is 20.4 Å². The lowest BCUT2D eigenvalue weighted by atomic mass is 10.4. The minimum absolute atomic E-state index is 0.306. The van der Waals surface area contributed by atoms with Gasteiger partial charge >= 0.3 is 5.69 Å². The smallest absolute Gasteiger partial charge is 0.301 e. The molecule has 4 nitrogen and oxygen atoms in total. The first-order valence-electron chi connectivity index (χ1n) is 3.45. The average Bonchev–Trinajstić information content (AvgIpc) is 1.97. The Morgan fingerprint density at radius 3 is 2.73 bits per heavy atom. The molecular weight excluding hydrogens is 144 g/mol. The highest BCUT2D eigenvalue weighted by molar-refractivity contribution is 5.00. The zero-order valence-corrected chi connectivity index (χ0v) is 6.55. The van der Waals surface area contributed by atoms with Crippen LogP contribution < -0.4 is 11.2 Å². The number of aromatic nitrogens is 2. The Morgan fingerprint density at radius 2 is 2.18 bits per heavy atom. The van der Waals surface area contributed by atoms with Gasteiger partial charge < -0.3 is 4.57 Å². The van der Waals surface area contributed by atoms with Crippen molar-refractivity contribution in [2.24, 2.45) is 0 Å². The number of nitrogens with zero attached hydrogens (tertiary/aromatic N) is 1. The topological polar surface area (TPSA) is 54.9 Å². The fourth-order valence-electron chi connectivity index (χ4n) is 0.853. The molecule has 0 aliphatic rings. The monoisotopic (exact) mass is 154 g/mol. The van der Waals surface area contributed by atoms with Gasteiger partial charge in [0.1, 0.15) is 0 Å². The van der Waals surface area contributed by atoms with E-state index in [1.165, 1.54) is 4.57 Å². The van der Waals surface area contributed by atoms with Crippen LogP contribution in [0, 0.1) is 6.92 Å².